The first-order valence-corrected chi connectivity index (χ1v) is 12.8. The highest BCUT2D eigenvalue weighted by Crippen LogP contribution is 2.33. The fraction of sp³-hybridized carbons (Fsp3) is 0.310. The number of pyridine rings is 1. The molecule has 4 N–H and O–H groups in total. The van der Waals surface area contributed by atoms with E-state index in [9.17, 15) is 4.79 Å². The molecule has 2 aliphatic rings. The summed E-state index contributed by atoms with van der Waals surface area (Å²) in [6, 6.07) is 14.4. The van der Waals surface area contributed by atoms with Crippen LogP contribution in [0.1, 0.15) is 39.9 Å². The van der Waals surface area contributed by atoms with Crippen LogP contribution in [-0.2, 0) is 13.0 Å². The summed E-state index contributed by atoms with van der Waals surface area (Å²) in [4.78, 5) is 31.0. The van der Waals surface area contributed by atoms with Crippen molar-refractivity contribution in [3.63, 3.8) is 0 Å². The number of amides is 1. The lowest BCUT2D eigenvalue weighted by molar-refractivity contribution is 0.0714. The van der Waals surface area contributed by atoms with Gasteiger partial charge in [-0.15, -0.1) is 0 Å². The summed E-state index contributed by atoms with van der Waals surface area (Å²) in [5.41, 5.74) is 19.1. The number of carbonyl (C=O) groups is 1. The van der Waals surface area contributed by atoms with Gasteiger partial charge in [0.1, 0.15) is 18.0 Å². The number of nitrogen functional groups attached to an aromatic ring is 1. The highest BCUT2D eigenvalue weighted by atomic mass is 16.2. The third-order valence-electron chi connectivity index (χ3n) is 7.62. The van der Waals surface area contributed by atoms with Crippen molar-refractivity contribution >= 4 is 28.4 Å². The zero-order valence-corrected chi connectivity index (χ0v) is 21.0. The van der Waals surface area contributed by atoms with E-state index in [1.807, 2.05) is 23.1 Å². The Hall–Kier alpha value is -4.04. The van der Waals surface area contributed by atoms with Gasteiger partial charge in [-0.05, 0) is 84.8 Å². The van der Waals surface area contributed by atoms with Crippen LogP contribution in [0.25, 0.3) is 22.0 Å². The highest BCUT2D eigenvalue weighted by Gasteiger charge is 2.25. The minimum Gasteiger partial charge on any atom is -0.384 e. The molecule has 2 aliphatic heterocycles. The lowest BCUT2D eigenvalue weighted by Crippen LogP contribution is -2.43. The molecule has 0 bridgehead atoms. The number of hydrogen-bond acceptors (Lipinski definition) is 7. The summed E-state index contributed by atoms with van der Waals surface area (Å²) in [5, 5.41) is 1.01. The van der Waals surface area contributed by atoms with E-state index in [4.69, 9.17) is 16.5 Å². The molecule has 37 heavy (non-hydrogen) atoms. The third-order valence-corrected chi connectivity index (χ3v) is 7.62. The Kier molecular flexibility index (Phi) is 5.96. The molecule has 0 unspecified atom stereocenters. The number of rotatable bonds is 3. The molecule has 4 aromatic rings. The molecule has 6 rings (SSSR count). The lowest BCUT2D eigenvalue weighted by atomic mass is 9.95. The van der Waals surface area contributed by atoms with E-state index < -0.39 is 0 Å². The molecule has 4 heterocycles. The van der Waals surface area contributed by atoms with Crippen LogP contribution < -0.4 is 16.4 Å². The number of fused-ring (bicyclic) bond motifs is 2. The van der Waals surface area contributed by atoms with Crippen LogP contribution in [0.4, 0.5) is 11.6 Å². The van der Waals surface area contributed by atoms with E-state index in [-0.39, 0.29) is 11.9 Å². The average Bonchev–Trinajstić information content (AvgIpc) is 2.92. The molecule has 8 heteroatoms. The molecule has 2 aromatic carbocycles. The van der Waals surface area contributed by atoms with Crippen LogP contribution >= 0.6 is 0 Å². The van der Waals surface area contributed by atoms with Gasteiger partial charge in [-0.3, -0.25) is 4.79 Å². The van der Waals surface area contributed by atoms with Gasteiger partial charge >= 0.3 is 0 Å². The van der Waals surface area contributed by atoms with E-state index in [1.165, 1.54) is 11.1 Å². The van der Waals surface area contributed by atoms with E-state index in [1.54, 1.807) is 12.5 Å². The molecule has 0 aliphatic carbocycles. The van der Waals surface area contributed by atoms with Gasteiger partial charge in [0.05, 0.1) is 5.52 Å². The minimum atomic E-state index is 0.0942. The zero-order valence-electron chi connectivity index (χ0n) is 21.0. The van der Waals surface area contributed by atoms with E-state index in [0.29, 0.717) is 12.4 Å². The van der Waals surface area contributed by atoms with Crippen molar-refractivity contribution in [2.75, 3.05) is 30.3 Å². The quantitative estimate of drug-likeness (QED) is 0.447. The van der Waals surface area contributed by atoms with Crippen molar-refractivity contribution in [2.24, 2.45) is 5.73 Å². The van der Waals surface area contributed by atoms with Crippen molar-refractivity contribution in [1.82, 2.24) is 19.9 Å². The first-order valence-electron chi connectivity index (χ1n) is 12.8. The highest BCUT2D eigenvalue weighted by molar-refractivity contribution is 5.96. The van der Waals surface area contributed by atoms with Gasteiger partial charge < -0.3 is 21.3 Å². The summed E-state index contributed by atoms with van der Waals surface area (Å²) in [7, 11) is 0. The Morgan fingerprint density at radius 3 is 2.57 bits per heavy atom. The SMILES string of the molecule is Cc1cc(-c2ccc(N)nc2)cc2c(N3CCc4ccc(C(=O)N5CCC(N)CC5)cc4C3)ncnc12. The standard InChI is InChI=1S/C29H31N7O/c1-18-12-22(21-4-5-26(31)32-15-21)14-25-27(18)33-17-34-28(25)36-9-6-19-2-3-20(13-23(19)16-36)29(37)35-10-7-24(30)8-11-35/h2-5,12-15,17,24H,6-11,16,30H2,1H3,(H2,31,32). The Labute approximate surface area is 216 Å². The smallest absolute Gasteiger partial charge is 0.253 e. The van der Waals surface area contributed by atoms with Crippen LogP contribution in [0.2, 0.25) is 0 Å². The molecular formula is C29H31N7O. The Morgan fingerprint density at radius 1 is 0.946 bits per heavy atom. The molecule has 1 fully saturated rings. The summed E-state index contributed by atoms with van der Waals surface area (Å²) >= 11 is 0. The second kappa shape index (κ2) is 9.44. The Balaban J connectivity index is 1.32. The second-order valence-corrected chi connectivity index (χ2v) is 10.1. The topological polar surface area (TPSA) is 114 Å². The van der Waals surface area contributed by atoms with Gasteiger partial charge in [0.2, 0.25) is 0 Å². The maximum atomic E-state index is 13.2. The number of hydrogen-bond donors (Lipinski definition) is 2. The van der Waals surface area contributed by atoms with Crippen LogP contribution in [0.5, 0.6) is 0 Å². The van der Waals surface area contributed by atoms with Crippen LogP contribution in [0.15, 0.2) is 55.0 Å². The molecule has 1 amide bonds. The molecule has 1 saturated heterocycles. The molecule has 188 valence electrons. The van der Waals surface area contributed by atoms with Gasteiger partial charge in [0, 0.05) is 54.9 Å². The van der Waals surface area contributed by atoms with E-state index in [0.717, 1.165) is 77.9 Å². The number of nitrogens with two attached hydrogens (primary N) is 2. The lowest BCUT2D eigenvalue weighted by Gasteiger charge is -2.32. The number of benzene rings is 2. The fourth-order valence-corrected chi connectivity index (χ4v) is 5.48. The first-order chi connectivity index (χ1) is 18.0. The molecule has 0 saturated carbocycles. The Morgan fingerprint density at radius 2 is 1.78 bits per heavy atom. The second-order valence-electron chi connectivity index (χ2n) is 10.1. The normalized spacial score (nSPS) is 16.2. The van der Waals surface area contributed by atoms with Crippen molar-refractivity contribution in [3.05, 3.63) is 77.2 Å². The number of nitrogens with zero attached hydrogens (tertiary/aromatic N) is 5. The summed E-state index contributed by atoms with van der Waals surface area (Å²) in [6.45, 7) is 5.07. The average molecular weight is 494 g/mol. The monoisotopic (exact) mass is 493 g/mol. The fourth-order valence-electron chi connectivity index (χ4n) is 5.48. The predicted octanol–water partition coefficient (Wildman–Crippen LogP) is 3.71. The number of carbonyl (C=O) groups excluding carboxylic acids is 1. The van der Waals surface area contributed by atoms with E-state index >= 15 is 0 Å². The summed E-state index contributed by atoms with van der Waals surface area (Å²) < 4.78 is 0. The van der Waals surface area contributed by atoms with Crippen molar-refractivity contribution < 1.29 is 4.79 Å². The van der Waals surface area contributed by atoms with Crippen molar-refractivity contribution in [3.8, 4) is 11.1 Å². The molecular weight excluding hydrogens is 462 g/mol. The third kappa shape index (κ3) is 4.49. The zero-order chi connectivity index (χ0) is 25.5. The molecule has 0 radical (unpaired) electrons. The maximum Gasteiger partial charge on any atom is 0.253 e. The van der Waals surface area contributed by atoms with E-state index in [2.05, 4.69) is 46.1 Å². The van der Waals surface area contributed by atoms with Crippen LogP contribution in [-0.4, -0.2) is 51.4 Å². The van der Waals surface area contributed by atoms with Gasteiger partial charge in [-0.2, -0.15) is 0 Å². The van der Waals surface area contributed by atoms with Crippen LogP contribution in [0, 0.1) is 6.92 Å². The van der Waals surface area contributed by atoms with Gasteiger partial charge in [-0.1, -0.05) is 6.07 Å². The summed E-state index contributed by atoms with van der Waals surface area (Å²) in [6.07, 6.45) is 6.06. The molecule has 0 spiro atoms. The Bertz CT molecular complexity index is 1480. The van der Waals surface area contributed by atoms with Gasteiger partial charge in [0.25, 0.3) is 5.91 Å². The number of aromatic nitrogens is 3. The number of anilines is 2. The van der Waals surface area contributed by atoms with Crippen molar-refractivity contribution in [2.45, 2.75) is 38.8 Å². The first kappa shape index (κ1) is 23.4. The largest absolute Gasteiger partial charge is 0.384 e. The molecule has 2 aromatic heterocycles. The molecule has 8 nitrogen and oxygen atoms in total. The number of piperidine rings is 1. The van der Waals surface area contributed by atoms with Crippen molar-refractivity contribution in [1.29, 1.82) is 0 Å². The minimum absolute atomic E-state index is 0.0942. The number of aryl methyl sites for hydroxylation is 1. The van der Waals surface area contributed by atoms with Crippen LogP contribution in [0.3, 0.4) is 0 Å². The number of likely N-dealkylation sites (tertiary alicyclic amines) is 1. The predicted molar refractivity (Wildman–Crippen MR) is 146 cm³/mol. The van der Waals surface area contributed by atoms with Gasteiger partial charge in [-0.25, -0.2) is 15.0 Å². The molecule has 0 atom stereocenters. The summed E-state index contributed by atoms with van der Waals surface area (Å²) in [5.74, 6) is 1.50. The maximum absolute atomic E-state index is 13.2. The van der Waals surface area contributed by atoms with Gasteiger partial charge in [0.15, 0.2) is 0 Å².